The molecule has 0 amide bonds. The van der Waals surface area contributed by atoms with Crippen molar-refractivity contribution in [2.45, 2.75) is 41.0 Å². The van der Waals surface area contributed by atoms with Crippen LogP contribution in [0.5, 0.6) is 5.75 Å². The lowest BCUT2D eigenvalue weighted by atomic mass is 9.98. The molecule has 0 aliphatic heterocycles. The van der Waals surface area contributed by atoms with Gasteiger partial charge in [-0.2, -0.15) is 0 Å². The predicted octanol–water partition coefficient (Wildman–Crippen LogP) is 4.10. The smallest absolute Gasteiger partial charge is 0.118 e. The summed E-state index contributed by atoms with van der Waals surface area (Å²) in [6.07, 6.45) is 1.24. The second-order valence-corrected chi connectivity index (χ2v) is 5.57. The number of nitrogens with one attached hydrogen (secondary N) is 1. The van der Waals surface area contributed by atoms with Gasteiger partial charge < -0.3 is 10.4 Å². The molecular weight excluding hydrogens is 210 g/mol. The van der Waals surface area contributed by atoms with Crippen LogP contribution in [0.1, 0.15) is 38.3 Å². The largest absolute Gasteiger partial charge is 0.508 e. The molecule has 1 aromatic rings. The summed E-state index contributed by atoms with van der Waals surface area (Å²) in [6.45, 7) is 11.7. The Morgan fingerprint density at radius 3 is 2.35 bits per heavy atom. The Morgan fingerprint density at radius 2 is 1.76 bits per heavy atom. The first-order valence-corrected chi connectivity index (χ1v) is 6.44. The number of benzene rings is 1. The number of anilines is 1. The molecule has 0 aliphatic carbocycles. The Balaban J connectivity index is 2.60. The van der Waals surface area contributed by atoms with Crippen molar-refractivity contribution in [1.82, 2.24) is 0 Å². The van der Waals surface area contributed by atoms with E-state index in [4.69, 9.17) is 0 Å². The molecule has 1 atom stereocenters. The number of aromatic hydroxyl groups is 1. The van der Waals surface area contributed by atoms with Crippen molar-refractivity contribution in [3.8, 4) is 5.75 Å². The van der Waals surface area contributed by atoms with Crippen molar-refractivity contribution in [3.05, 3.63) is 23.3 Å². The van der Waals surface area contributed by atoms with E-state index < -0.39 is 0 Å². The van der Waals surface area contributed by atoms with Crippen LogP contribution in [0.25, 0.3) is 0 Å². The van der Waals surface area contributed by atoms with Gasteiger partial charge in [-0.1, -0.05) is 20.8 Å². The van der Waals surface area contributed by atoms with E-state index in [1.165, 1.54) is 6.42 Å². The maximum Gasteiger partial charge on any atom is 0.118 e. The molecule has 0 bridgehead atoms. The number of aryl methyl sites for hydroxylation is 2. The van der Waals surface area contributed by atoms with E-state index in [2.05, 4.69) is 26.1 Å². The lowest BCUT2D eigenvalue weighted by Crippen LogP contribution is -2.14. The molecule has 96 valence electrons. The first-order valence-electron chi connectivity index (χ1n) is 6.44. The number of phenolic OH excluding ortho intramolecular Hbond substituents is 1. The Hall–Kier alpha value is -1.18. The molecule has 2 N–H and O–H groups in total. The number of phenols is 1. The van der Waals surface area contributed by atoms with Crippen molar-refractivity contribution in [3.63, 3.8) is 0 Å². The van der Waals surface area contributed by atoms with E-state index in [1.54, 1.807) is 0 Å². The van der Waals surface area contributed by atoms with Gasteiger partial charge in [-0.15, -0.1) is 0 Å². The number of hydrogen-bond acceptors (Lipinski definition) is 2. The number of hydrogen-bond donors (Lipinski definition) is 2. The monoisotopic (exact) mass is 235 g/mol. The fourth-order valence-electron chi connectivity index (χ4n) is 2.16. The summed E-state index contributed by atoms with van der Waals surface area (Å²) in [5.41, 5.74) is 3.16. The summed E-state index contributed by atoms with van der Waals surface area (Å²) < 4.78 is 0. The van der Waals surface area contributed by atoms with Gasteiger partial charge in [0.1, 0.15) is 5.75 Å². The molecule has 0 spiro atoms. The van der Waals surface area contributed by atoms with Crippen molar-refractivity contribution < 1.29 is 5.11 Å². The Labute approximate surface area is 105 Å². The molecule has 0 radical (unpaired) electrons. The van der Waals surface area contributed by atoms with Crippen LogP contribution in [0.15, 0.2) is 12.1 Å². The second-order valence-electron chi connectivity index (χ2n) is 5.57. The summed E-state index contributed by atoms with van der Waals surface area (Å²) in [5.74, 6) is 1.79. The van der Waals surface area contributed by atoms with Gasteiger partial charge in [0, 0.05) is 12.2 Å². The van der Waals surface area contributed by atoms with Crippen molar-refractivity contribution in [1.29, 1.82) is 0 Å². The van der Waals surface area contributed by atoms with Gasteiger partial charge in [-0.3, -0.25) is 0 Å². The normalized spacial score (nSPS) is 12.8. The van der Waals surface area contributed by atoms with E-state index >= 15 is 0 Å². The third kappa shape index (κ3) is 4.29. The SMILES string of the molecule is Cc1cc(NCC(C)CC(C)C)c(C)cc1O. The molecule has 0 aromatic heterocycles. The molecule has 0 heterocycles. The Kier molecular flexibility index (Phi) is 4.86. The van der Waals surface area contributed by atoms with Crippen LogP contribution in [0.2, 0.25) is 0 Å². The maximum atomic E-state index is 9.59. The molecular formula is C15H25NO. The minimum Gasteiger partial charge on any atom is -0.508 e. The minimum atomic E-state index is 0.378. The van der Waals surface area contributed by atoms with E-state index in [0.29, 0.717) is 11.7 Å². The molecule has 0 saturated heterocycles. The topological polar surface area (TPSA) is 32.3 Å². The summed E-state index contributed by atoms with van der Waals surface area (Å²) >= 11 is 0. The van der Waals surface area contributed by atoms with Crippen LogP contribution < -0.4 is 5.32 Å². The van der Waals surface area contributed by atoms with E-state index in [9.17, 15) is 5.11 Å². The number of rotatable bonds is 5. The molecule has 0 saturated carbocycles. The summed E-state index contributed by atoms with van der Waals surface area (Å²) in [6, 6.07) is 3.84. The Bertz CT molecular complexity index is 371. The quantitative estimate of drug-likeness (QED) is 0.753. The lowest BCUT2D eigenvalue weighted by molar-refractivity contribution is 0.455. The van der Waals surface area contributed by atoms with Crippen molar-refractivity contribution >= 4 is 5.69 Å². The highest BCUT2D eigenvalue weighted by Crippen LogP contribution is 2.25. The molecule has 1 aromatic carbocycles. The molecule has 1 unspecified atom stereocenters. The zero-order valence-corrected chi connectivity index (χ0v) is 11.7. The summed E-state index contributed by atoms with van der Waals surface area (Å²) in [5, 5.41) is 13.1. The second kappa shape index (κ2) is 5.95. The van der Waals surface area contributed by atoms with Crippen LogP contribution >= 0.6 is 0 Å². The fourth-order valence-corrected chi connectivity index (χ4v) is 2.16. The van der Waals surface area contributed by atoms with Gasteiger partial charge >= 0.3 is 0 Å². The van der Waals surface area contributed by atoms with Gasteiger partial charge in [0.2, 0.25) is 0 Å². The predicted molar refractivity (Wildman–Crippen MR) is 74.7 cm³/mol. The Morgan fingerprint density at radius 1 is 1.12 bits per heavy atom. The van der Waals surface area contributed by atoms with Crippen LogP contribution in [-0.4, -0.2) is 11.7 Å². The molecule has 1 rings (SSSR count). The highest BCUT2D eigenvalue weighted by molar-refractivity contribution is 5.56. The molecule has 0 fully saturated rings. The van der Waals surface area contributed by atoms with Gasteiger partial charge in [0.15, 0.2) is 0 Å². The summed E-state index contributed by atoms with van der Waals surface area (Å²) in [7, 11) is 0. The highest BCUT2D eigenvalue weighted by Gasteiger charge is 2.07. The van der Waals surface area contributed by atoms with E-state index in [-0.39, 0.29) is 0 Å². The summed E-state index contributed by atoms with van der Waals surface area (Å²) in [4.78, 5) is 0. The maximum absolute atomic E-state index is 9.59. The van der Waals surface area contributed by atoms with Gasteiger partial charge in [0.25, 0.3) is 0 Å². The van der Waals surface area contributed by atoms with E-state index in [1.807, 2.05) is 26.0 Å². The average molecular weight is 235 g/mol. The van der Waals surface area contributed by atoms with Crippen LogP contribution in [-0.2, 0) is 0 Å². The highest BCUT2D eigenvalue weighted by atomic mass is 16.3. The van der Waals surface area contributed by atoms with Gasteiger partial charge in [0.05, 0.1) is 0 Å². The van der Waals surface area contributed by atoms with Crippen LogP contribution in [0.4, 0.5) is 5.69 Å². The average Bonchev–Trinajstić information content (AvgIpc) is 2.20. The molecule has 2 heteroatoms. The van der Waals surface area contributed by atoms with Crippen molar-refractivity contribution in [2.24, 2.45) is 11.8 Å². The van der Waals surface area contributed by atoms with Crippen LogP contribution in [0, 0.1) is 25.7 Å². The van der Waals surface area contributed by atoms with E-state index in [0.717, 1.165) is 29.3 Å². The van der Waals surface area contributed by atoms with Crippen molar-refractivity contribution in [2.75, 3.05) is 11.9 Å². The van der Waals surface area contributed by atoms with Gasteiger partial charge in [-0.05, 0) is 55.4 Å². The molecule has 17 heavy (non-hydrogen) atoms. The molecule has 0 aliphatic rings. The standard InChI is InChI=1S/C15H25NO/c1-10(2)6-11(3)9-16-14-7-13(5)15(17)8-12(14)4/h7-8,10-11,16-17H,6,9H2,1-5H3. The zero-order valence-electron chi connectivity index (χ0n) is 11.7. The lowest BCUT2D eigenvalue weighted by Gasteiger charge is -2.17. The third-order valence-corrected chi connectivity index (χ3v) is 3.06. The zero-order chi connectivity index (χ0) is 13.0. The molecule has 2 nitrogen and oxygen atoms in total. The van der Waals surface area contributed by atoms with Crippen LogP contribution in [0.3, 0.4) is 0 Å². The first kappa shape index (κ1) is 13.9. The first-order chi connectivity index (χ1) is 7.90. The fraction of sp³-hybridized carbons (Fsp3) is 0.600. The minimum absolute atomic E-state index is 0.378. The van der Waals surface area contributed by atoms with Gasteiger partial charge in [-0.25, -0.2) is 0 Å². The third-order valence-electron chi connectivity index (χ3n) is 3.06.